The SMILES string of the molecule is CC(C)NCC1(CN(C)CCCCCO)CCOC1. The molecule has 4 nitrogen and oxygen atoms in total. The van der Waals surface area contributed by atoms with E-state index in [0.29, 0.717) is 12.6 Å². The van der Waals surface area contributed by atoms with Gasteiger partial charge in [0.25, 0.3) is 0 Å². The van der Waals surface area contributed by atoms with Crippen molar-refractivity contribution in [3.05, 3.63) is 0 Å². The largest absolute Gasteiger partial charge is 0.396 e. The summed E-state index contributed by atoms with van der Waals surface area (Å²) in [6.07, 6.45) is 4.38. The zero-order chi connectivity index (χ0) is 14.1. The second-order valence-corrected chi connectivity index (χ2v) is 6.36. The predicted octanol–water partition coefficient (Wildman–Crippen LogP) is 1.49. The molecule has 0 amide bonds. The summed E-state index contributed by atoms with van der Waals surface area (Å²) in [7, 11) is 2.20. The van der Waals surface area contributed by atoms with Crippen LogP contribution in [0.1, 0.15) is 39.5 Å². The normalized spacial score (nSPS) is 23.7. The molecular weight excluding hydrogens is 240 g/mol. The first kappa shape index (κ1) is 16.9. The van der Waals surface area contributed by atoms with Crippen LogP contribution in [0.3, 0.4) is 0 Å². The Kier molecular flexibility index (Phi) is 7.91. The molecule has 0 aliphatic carbocycles. The molecule has 1 unspecified atom stereocenters. The minimum absolute atomic E-state index is 0.288. The van der Waals surface area contributed by atoms with Crippen LogP contribution in [-0.4, -0.2) is 62.6 Å². The third kappa shape index (κ3) is 6.70. The van der Waals surface area contributed by atoms with Gasteiger partial charge >= 0.3 is 0 Å². The minimum Gasteiger partial charge on any atom is -0.396 e. The highest BCUT2D eigenvalue weighted by Gasteiger charge is 2.35. The van der Waals surface area contributed by atoms with E-state index < -0.39 is 0 Å². The van der Waals surface area contributed by atoms with Gasteiger partial charge in [0, 0.05) is 37.8 Å². The summed E-state index contributed by atoms with van der Waals surface area (Å²) in [5, 5.41) is 12.4. The summed E-state index contributed by atoms with van der Waals surface area (Å²) in [6.45, 7) is 9.76. The maximum atomic E-state index is 8.79. The van der Waals surface area contributed by atoms with Crippen LogP contribution in [0.25, 0.3) is 0 Å². The molecular formula is C15H32N2O2. The van der Waals surface area contributed by atoms with Crippen molar-refractivity contribution in [1.29, 1.82) is 0 Å². The van der Waals surface area contributed by atoms with Gasteiger partial charge in [-0.3, -0.25) is 0 Å². The lowest BCUT2D eigenvalue weighted by Gasteiger charge is -2.33. The highest BCUT2D eigenvalue weighted by atomic mass is 16.5. The van der Waals surface area contributed by atoms with Gasteiger partial charge in [0.15, 0.2) is 0 Å². The fourth-order valence-corrected chi connectivity index (χ4v) is 2.71. The number of nitrogens with one attached hydrogen (secondary N) is 1. The summed E-state index contributed by atoms with van der Waals surface area (Å²) in [5.74, 6) is 0. The Labute approximate surface area is 118 Å². The van der Waals surface area contributed by atoms with E-state index >= 15 is 0 Å². The maximum Gasteiger partial charge on any atom is 0.0547 e. The smallest absolute Gasteiger partial charge is 0.0547 e. The standard InChI is InChI=1S/C15H32N2O2/c1-14(2)16-11-15(7-10-19-13-15)12-17(3)8-5-4-6-9-18/h14,16,18H,4-13H2,1-3H3. The van der Waals surface area contributed by atoms with E-state index in [9.17, 15) is 0 Å². The Morgan fingerprint density at radius 2 is 2.11 bits per heavy atom. The van der Waals surface area contributed by atoms with Crippen LogP contribution in [0.2, 0.25) is 0 Å². The second kappa shape index (κ2) is 8.90. The molecule has 0 spiro atoms. The van der Waals surface area contributed by atoms with E-state index in [2.05, 4.69) is 31.1 Å². The number of hydrogen-bond acceptors (Lipinski definition) is 4. The molecule has 114 valence electrons. The van der Waals surface area contributed by atoms with E-state index in [-0.39, 0.29) is 5.41 Å². The molecule has 1 saturated heterocycles. The Balaban J connectivity index is 2.31. The first-order chi connectivity index (χ1) is 9.08. The molecule has 4 heteroatoms. The predicted molar refractivity (Wildman–Crippen MR) is 79.4 cm³/mol. The molecule has 1 fully saturated rings. The molecule has 0 bridgehead atoms. The van der Waals surface area contributed by atoms with Crippen molar-refractivity contribution in [3.8, 4) is 0 Å². The van der Waals surface area contributed by atoms with E-state index in [0.717, 1.165) is 52.1 Å². The molecule has 1 heterocycles. The van der Waals surface area contributed by atoms with Gasteiger partial charge in [0.2, 0.25) is 0 Å². The van der Waals surface area contributed by atoms with Crippen molar-refractivity contribution in [2.75, 3.05) is 46.5 Å². The van der Waals surface area contributed by atoms with E-state index in [4.69, 9.17) is 9.84 Å². The number of aliphatic hydroxyl groups excluding tert-OH is 1. The van der Waals surface area contributed by atoms with Gasteiger partial charge in [0.1, 0.15) is 0 Å². The molecule has 1 aliphatic heterocycles. The van der Waals surface area contributed by atoms with Crippen LogP contribution < -0.4 is 5.32 Å². The molecule has 0 aromatic rings. The van der Waals surface area contributed by atoms with Crippen LogP contribution in [0.5, 0.6) is 0 Å². The first-order valence-corrected chi connectivity index (χ1v) is 7.68. The zero-order valence-corrected chi connectivity index (χ0v) is 13.0. The van der Waals surface area contributed by atoms with Crippen molar-refractivity contribution in [2.45, 2.75) is 45.6 Å². The number of nitrogens with zero attached hydrogens (tertiary/aromatic N) is 1. The molecule has 2 N–H and O–H groups in total. The molecule has 19 heavy (non-hydrogen) atoms. The van der Waals surface area contributed by atoms with Crippen molar-refractivity contribution in [2.24, 2.45) is 5.41 Å². The van der Waals surface area contributed by atoms with Crippen molar-refractivity contribution < 1.29 is 9.84 Å². The van der Waals surface area contributed by atoms with E-state index in [1.165, 1.54) is 6.42 Å². The maximum absolute atomic E-state index is 8.79. The molecule has 1 aliphatic rings. The van der Waals surface area contributed by atoms with Crippen LogP contribution in [-0.2, 0) is 4.74 Å². The quantitative estimate of drug-likeness (QED) is 0.591. The van der Waals surface area contributed by atoms with Crippen LogP contribution in [0.4, 0.5) is 0 Å². The Morgan fingerprint density at radius 1 is 1.32 bits per heavy atom. The summed E-state index contributed by atoms with van der Waals surface area (Å²) >= 11 is 0. The molecule has 0 radical (unpaired) electrons. The number of unbranched alkanes of at least 4 members (excludes halogenated alkanes) is 2. The minimum atomic E-state index is 0.288. The van der Waals surface area contributed by atoms with E-state index in [1.807, 2.05) is 0 Å². The van der Waals surface area contributed by atoms with Crippen molar-refractivity contribution in [1.82, 2.24) is 10.2 Å². The summed E-state index contributed by atoms with van der Waals surface area (Å²) < 4.78 is 5.64. The number of hydrogen-bond donors (Lipinski definition) is 2. The van der Waals surface area contributed by atoms with Gasteiger partial charge in [-0.2, -0.15) is 0 Å². The van der Waals surface area contributed by atoms with Gasteiger partial charge in [-0.05, 0) is 39.3 Å². The fraction of sp³-hybridized carbons (Fsp3) is 1.00. The third-order valence-electron chi connectivity index (χ3n) is 3.87. The fourth-order valence-electron chi connectivity index (χ4n) is 2.71. The second-order valence-electron chi connectivity index (χ2n) is 6.36. The Morgan fingerprint density at radius 3 is 2.68 bits per heavy atom. The van der Waals surface area contributed by atoms with Gasteiger partial charge in [0.05, 0.1) is 6.61 Å². The van der Waals surface area contributed by atoms with Crippen LogP contribution >= 0.6 is 0 Å². The topological polar surface area (TPSA) is 44.7 Å². The highest BCUT2D eigenvalue weighted by Crippen LogP contribution is 2.29. The zero-order valence-electron chi connectivity index (χ0n) is 13.0. The van der Waals surface area contributed by atoms with E-state index in [1.54, 1.807) is 0 Å². The summed E-state index contributed by atoms with van der Waals surface area (Å²) in [6, 6.07) is 0.535. The molecule has 1 rings (SSSR count). The summed E-state index contributed by atoms with van der Waals surface area (Å²) in [4.78, 5) is 2.42. The number of rotatable bonds is 10. The van der Waals surface area contributed by atoms with Gasteiger partial charge < -0.3 is 20.1 Å². The lowest BCUT2D eigenvalue weighted by Crippen LogP contribution is -2.45. The average Bonchev–Trinajstić information content (AvgIpc) is 2.81. The number of aliphatic hydroxyl groups is 1. The Hall–Kier alpha value is -0.160. The Bertz CT molecular complexity index is 228. The monoisotopic (exact) mass is 272 g/mol. The highest BCUT2D eigenvalue weighted by molar-refractivity contribution is 4.88. The van der Waals surface area contributed by atoms with Crippen LogP contribution in [0.15, 0.2) is 0 Å². The van der Waals surface area contributed by atoms with Crippen molar-refractivity contribution in [3.63, 3.8) is 0 Å². The molecule has 0 aromatic carbocycles. The van der Waals surface area contributed by atoms with Crippen molar-refractivity contribution >= 4 is 0 Å². The van der Waals surface area contributed by atoms with Gasteiger partial charge in [-0.25, -0.2) is 0 Å². The van der Waals surface area contributed by atoms with Gasteiger partial charge in [-0.1, -0.05) is 13.8 Å². The molecule has 0 saturated carbocycles. The van der Waals surface area contributed by atoms with Crippen LogP contribution in [0, 0.1) is 5.41 Å². The summed E-state index contributed by atoms with van der Waals surface area (Å²) in [5.41, 5.74) is 0.288. The average molecular weight is 272 g/mol. The number of ether oxygens (including phenoxy) is 1. The lowest BCUT2D eigenvalue weighted by molar-refractivity contribution is 0.116. The molecule has 1 atom stereocenters. The van der Waals surface area contributed by atoms with Gasteiger partial charge in [-0.15, -0.1) is 0 Å². The molecule has 0 aromatic heterocycles. The first-order valence-electron chi connectivity index (χ1n) is 7.68. The lowest BCUT2D eigenvalue weighted by atomic mass is 9.86. The third-order valence-corrected chi connectivity index (χ3v) is 3.87.